The molecule has 0 spiro atoms. The second-order valence-electron chi connectivity index (χ2n) is 3.86. The van der Waals surface area contributed by atoms with Crippen molar-refractivity contribution in [1.82, 2.24) is 4.57 Å². The first-order valence-corrected chi connectivity index (χ1v) is 5.71. The van der Waals surface area contributed by atoms with Crippen molar-refractivity contribution in [3.8, 4) is 11.8 Å². The summed E-state index contributed by atoms with van der Waals surface area (Å²) in [5.41, 5.74) is 1.71. The van der Waals surface area contributed by atoms with E-state index in [-0.39, 0.29) is 0 Å². The summed E-state index contributed by atoms with van der Waals surface area (Å²) in [6.45, 7) is 4.25. The van der Waals surface area contributed by atoms with Crippen LogP contribution >= 0.6 is 0 Å². The summed E-state index contributed by atoms with van der Waals surface area (Å²) in [6.07, 6.45) is 3.07. The van der Waals surface area contributed by atoms with Crippen LogP contribution in [0.2, 0.25) is 0 Å². The van der Waals surface area contributed by atoms with Gasteiger partial charge in [-0.15, -0.1) is 0 Å². The maximum absolute atomic E-state index is 8.88. The third-order valence-corrected chi connectivity index (χ3v) is 2.32. The van der Waals surface area contributed by atoms with Crippen molar-refractivity contribution in [2.75, 3.05) is 7.11 Å². The summed E-state index contributed by atoms with van der Waals surface area (Å²) >= 11 is 0. The monoisotopic (exact) mass is 230 g/mol. The molecule has 90 valence electrons. The van der Waals surface area contributed by atoms with E-state index < -0.39 is 0 Å². The van der Waals surface area contributed by atoms with Crippen LogP contribution in [-0.4, -0.2) is 11.7 Å². The Labute approximate surface area is 102 Å². The van der Waals surface area contributed by atoms with Crippen LogP contribution in [0.5, 0.6) is 5.75 Å². The zero-order chi connectivity index (χ0) is 12.8. The lowest BCUT2D eigenvalue weighted by atomic mass is 10.2. The molecule has 0 saturated carbocycles. The average Bonchev–Trinajstić information content (AvgIpc) is 2.66. The van der Waals surface area contributed by atoms with Crippen LogP contribution in [0, 0.1) is 11.3 Å². The fraction of sp³-hybridized carbons (Fsp3) is 0.357. The smallest absolute Gasteiger partial charge is 0.120 e. The van der Waals surface area contributed by atoms with Crippen molar-refractivity contribution in [3.63, 3.8) is 0 Å². The van der Waals surface area contributed by atoms with E-state index in [9.17, 15) is 0 Å². The average molecular weight is 230 g/mol. The third-order valence-electron chi connectivity index (χ3n) is 2.32. The van der Waals surface area contributed by atoms with Crippen molar-refractivity contribution < 1.29 is 4.74 Å². The van der Waals surface area contributed by atoms with Gasteiger partial charge < -0.3 is 9.30 Å². The van der Waals surface area contributed by atoms with Crippen LogP contribution in [0.1, 0.15) is 25.8 Å². The number of rotatable bonds is 1. The van der Waals surface area contributed by atoms with Gasteiger partial charge in [0.1, 0.15) is 11.8 Å². The zero-order valence-corrected chi connectivity index (χ0v) is 10.8. The molecule has 17 heavy (non-hydrogen) atoms. The summed E-state index contributed by atoms with van der Waals surface area (Å²) < 4.78 is 7.05. The maximum Gasteiger partial charge on any atom is 0.120 e. The number of nitriles is 1. The predicted octanol–water partition coefficient (Wildman–Crippen LogP) is 3.47. The number of aryl methyl sites for hydroxylation is 1. The Morgan fingerprint density at radius 1 is 1.35 bits per heavy atom. The first-order valence-electron chi connectivity index (χ1n) is 5.71. The lowest BCUT2D eigenvalue weighted by Gasteiger charge is -2.00. The van der Waals surface area contributed by atoms with Crippen LogP contribution in [0.4, 0.5) is 0 Å². The topological polar surface area (TPSA) is 37.9 Å². The zero-order valence-electron chi connectivity index (χ0n) is 10.8. The maximum atomic E-state index is 8.88. The highest BCUT2D eigenvalue weighted by atomic mass is 16.5. The molecular formula is C14H18N2O. The number of nitrogens with zero attached hydrogens (tertiary/aromatic N) is 2. The molecule has 0 aliphatic rings. The summed E-state index contributed by atoms with van der Waals surface area (Å²) in [4.78, 5) is 0. The van der Waals surface area contributed by atoms with Crippen LogP contribution < -0.4 is 4.74 Å². The Hall–Kier alpha value is -1.95. The first-order chi connectivity index (χ1) is 8.17. The molecule has 0 saturated heterocycles. The number of hydrogen-bond donors (Lipinski definition) is 0. The Bertz CT molecular complexity index is 535. The van der Waals surface area contributed by atoms with E-state index in [1.807, 2.05) is 36.0 Å². The quantitative estimate of drug-likeness (QED) is 0.752. The minimum atomic E-state index is 0.699. The molecule has 1 aromatic carbocycles. The fourth-order valence-electron chi connectivity index (χ4n) is 1.58. The number of aromatic nitrogens is 1. The molecule has 3 nitrogen and oxygen atoms in total. The molecule has 3 heteroatoms. The fourth-order valence-corrected chi connectivity index (χ4v) is 1.58. The summed E-state index contributed by atoms with van der Waals surface area (Å²) in [6, 6.07) is 7.87. The number of ether oxygens (including phenoxy) is 1. The van der Waals surface area contributed by atoms with Gasteiger partial charge in [0.25, 0.3) is 0 Å². The van der Waals surface area contributed by atoms with Gasteiger partial charge in [0.05, 0.1) is 18.2 Å². The van der Waals surface area contributed by atoms with Crippen molar-refractivity contribution in [2.24, 2.45) is 7.05 Å². The molecule has 0 fully saturated rings. The lowest BCUT2D eigenvalue weighted by Crippen LogP contribution is -1.86. The first kappa shape index (κ1) is 13.1. The lowest BCUT2D eigenvalue weighted by molar-refractivity contribution is 0.415. The second kappa shape index (κ2) is 5.95. The Morgan fingerprint density at radius 2 is 2.00 bits per heavy atom. The molecule has 2 aromatic rings. The molecule has 0 atom stereocenters. The predicted molar refractivity (Wildman–Crippen MR) is 70.2 cm³/mol. The highest BCUT2D eigenvalue weighted by Gasteiger charge is 2.06. The summed E-state index contributed by atoms with van der Waals surface area (Å²) in [5, 5.41) is 9.85. The van der Waals surface area contributed by atoms with Gasteiger partial charge in [-0.2, -0.15) is 5.26 Å². The highest BCUT2D eigenvalue weighted by Crippen LogP contribution is 2.24. The van der Waals surface area contributed by atoms with Crippen molar-refractivity contribution in [3.05, 3.63) is 30.0 Å². The molecule has 0 aliphatic heterocycles. The number of benzene rings is 1. The van der Waals surface area contributed by atoms with Crippen LogP contribution in [-0.2, 0) is 7.05 Å². The van der Waals surface area contributed by atoms with Crippen LogP contribution in [0.25, 0.3) is 10.9 Å². The Balaban J connectivity index is 0.000000437. The highest BCUT2D eigenvalue weighted by molar-refractivity contribution is 5.87. The van der Waals surface area contributed by atoms with Crippen molar-refractivity contribution in [2.45, 2.75) is 20.3 Å². The Kier molecular flexibility index (Phi) is 4.59. The third kappa shape index (κ3) is 2.79. The van der Waals surface area contributed by atoms with Crippen molar-refractivity contribution in [1.29, 1.82) is 5.26 Å². The minimum absolute atomic E-state index is 0.699. The standard InChI is InChI=1S/C11H10N2O.C3H8/c1-13-7-8(6-12)10-4-3-9(14-2)5-11(10)13;1-3-2/h3-5,7H,1-2H3;3H2,1-2H3. The van der Waals surface area contributed by atoms with Gasteiger partial charge in [-0.1, -0.05) is 20.3 Å². The Morgan fingerprint density at radius 3 is 2.53 bits per heavy atom. The van der Waals surface area contributed by atoms with Crippen LogP contribution in [0.15, 0.2) is 24.4 Å². The van der Waals surface area contributed by atoms with E-state index >= 15 is 0 Å². The molecule has 0 amide bonds. The summed E-state index contributed by atoms with van der Waals surface area (Å²) in [7, 11) is 3.55. The van der Waals surface area contributed by atoms with E-state index in [0.717, 1.165) is 16.7 Å². The molecule has 0 bridgehead atoms. The van der Waals surface area contributed by atoms with Gasteiger partial charge in [-0.25, -0.2) is 0 Å². The molecule has 0 N–H and O–H groups in total. The van der Waals surface area contributed by atoms with E-state index in [1.165, 1.54) is 6.42 Å². The van der Waals surface area contributed by atoms with Gasteiger partial charge >= 0.3 is 0 Å². The van der Waals surface area contributed by atoms with E-state index in [0.29, 0.717) is 5.56 Å². The second-order valence-corrected chi connectivity index (χ2v) is 3.86. The van der Waals surface area contributed by atoms with Crippen LogP contribution in [0.3, 0.4) is 0 Å². The molecule has 1 heterocycles. The van der Waals surface area contributed by atoms with Gasteiger partial charge in [0, 0.05) is 24.7 Å². The molecule has 0 radical (unpaired) electrons. The summed E-state index contributed by atoms with van der Waals surface area (Å²) in [5.74, 6) is 0.809. The normalized spacial score (nSPS) is 9.35. The molecule has 2 rings (SSSR count). The van der Waals surface area contributed by atoms with Gasteiger partial charge in [0.15, 0.2) is 0 Å². The van der Waals surface area contributed by atoms with E-state index in [2.05, 4.69) is 19.9 Å². The number of hydrogen-bond acceptors (Lipinski definition) is 2. The largest absolute Gasteiger partial charge is 0.497 e. The number of methoxy groups -OCH3 is 1. The minimum Gasteiger partial charge on any atom is -0.497 e. The van der Waals surface area contributed by atoms with Crippen molar-refractivity contribution >= 4 is 10.9 Å². The molecule has 1 aromatic heterocycles. The SMILES string of the molecule is CCC.COc1ccc2c(C#N)cn(C)c2c1. The van der Waals surface area contributed by atoms with E-state index in [4.69, 9.17) is 10.00 Å². The molecule has 0 aliphatic carbocycles. The molecule has 0 unspecified atom stereocenters. The number of fused-ring (bicyclic) bond motifs is 1. The van der Waals surface area contributed by atoms with Gasteiger partial charge in [-0.05, 0) is 12.1 Å². The van der Waals surface area contributed by atoms with E-state index in [1.54, 1.807) is 7.11 Å². The molecular weight excluding hydrogens is 212 g/mol. The van der Waals surface area contributed by atoms with Gasteiger partial charge in [0.2, 0.25) is 0 Å². The van der Waals surface area contributed by atoms with Gasteiger partial charge in [-0.3, -0.25) is 0 Å².